The van der Waals surface area contributed by atoms with Crippen LogP contribution in [0.1, 0.15) is 11.1 Å². The van der Waals surface area contributed by atoms with Gasteiger partial charge in [-0.15, -0.1) is 0 Å². The highest BCUT2D eigenvalue weighted by Crippen LogP contribution is 2.41. The largest absolute Gasteiger partial charge is 0.308 e. The van der Waals surface area contributed by atoms with E-state index in [1.165, 1.54) is 0 Å². The SMILES string of the molecule is N#Cc1cc(-c2ccc(-n3c4ccc(-c5ccccc5)cc4c4ccc(-c5ccccc5)cc43)c(C#N)c2)ccc1-n1c2ccc(-c3ccccc3)cc2c2ccc(-c3ccccc3)cc21. The zero-order chi connectivity index (χ0) is 44.1. The molecule has 0 atom stereocenters. The summed E-state index contributed by atoms with van der Waals surface area (Å²) in [6.07, 6.45) is 0. The predicted octanol–water partition coefficient (Wildman–Crippen LogP) is 16.0. The summed E-state index contributed by atoms with van der Waals surface area (Å²) in [5.74, 6) is 0. The molecule has 12 aromatic rings. The van der Waals surface area contributed by atoms with E-state index in [0.717, 1.165) is 111 Å². The summed E-state index contributed by atoms with van der Waals surface area (Å²) in [5, 5.41) is 26.3. The van der Waals surface area contributed by atoms with Gasteiger partial charge in [-0.05, 0) is 116 Å². The van der Waals surface area contributed by atoms with E-state index in [9.17, 15) is 10.5 Å². The Kier molecular flexibility index (Phi) is 9.23. The maximum atomic E-state index is 10.9. The van der Waals surface area contributed by atoms with Crippen molar-refractivity contribution in [2.75, 3.05) is 0 Å². The number of rotatable bonds is 7. The van der Waals surface area contributed by atoms with Crippen LogP contribution < -0.4 is 0 Å². The first-order chi connectivity index (χ1) is 32.6. The summed E-state index contributed by atoms with van der Waals surface area (Å²) in [6.45, 7) is 0. The van der Waals surface area contributed by atoms with E-state index < -0.39 is 0 Å². The monoisotopic (exact) mass is 838 g/mol. The van der Waals surface area contributed by atoms with Crippen LogP contribution in [0.15, 0.2) is 231 Å². The van der Waals surface area contributed by atoms with Crippen LogP contribution >= 0.6 is 0 Å². The summed E-state index contributed by atoms with van der Waals surface area (Å²) >= 11 is 0. The van der Waals surface area contributed by atoms with Crippen molar-refractivity contribution < 1.29 is 0 Å². The highest BCUT2D eigenvalue weighted by atomic mass is 15.0. The normalized spacial score (nSPS) is 11.3. The minimum Gasteiger partial charge on any atom is -0.308 e. The minimum absolute atomic E-state index is 0.538. The Bertz CT molecular complexity index is 3660. The number of nitriles is 2. The molecule has 0 spiro atoms. The molecule has 0 aliphatic heterocycles. The molecule has 0 aliphatic rings. The van der Waals surface area contributed by atoms with Gasteiger partial charge in [0.2, 0.25) is 0 Å². The average molecular weight is 839 g/mol. The number of nitrogens with zero attached hydrogens (tertiary/aromatic N) is 4. The summed E-state index contributed by atoms with van der Waals surface area (Å²) in [4.78, 5) is 0. The molecule has 12 rings (SSSR count). The summed E-state index contributed by atoms with van der Waals surface area (Å²) in [5.41, 5.74) is 17.5. The van der Waals surface area contributed by atoms with Gasteiger partial charge in [0.25, 0.3) is 0 Å². The van der Waals surface area contributed by atoms with E-state index >= 15 is 0 Å². The Morgan fingerprint density at radius 1 is 0.242 bits per heavy atom. The lowest BCUT2D eigenvalue weighted by Gasteiger charge is -2.14. The van der Waals surface area contributed by atoms with Gasteiger partial charge in [0.05, 0.1) is 44.6 Å². The second-order valence-electron chi connectivity index (χ2n) is 16.8. The van der Waals surface area contributed by atoms with Crippen LogP contribution in [0.3, 0.4) is 0 Å². The molecule has 0 saturated heterocycles. The van der Waals surface area contributed by atoms with E-state index in [1.807, 2.05) is 36.4 Å². The molecular formula is C62H38N4. The fourth-order valence-corrected chi connectivity index (χ4v) is 9.80. The van der Waals surface area contributed by atoms with Crippen LogP contribution in [0, 0.1) is 22.7 Å². The Morgan fingerprint density at radius 2 is 0.545 bits per heavy atom. The van der Waals surface area contributed by atoms with Gasteiger partial charge < -0.3 is 9.13 Å². The van der Waals surface area contributed by atoms with E-state index in [0.29, 0.717) is 11.1 Å². The maximum Gasteiger partial charge on any atom is 0.101 e. The smallest absolute Gasteiger partial charge is 0.101 e. The van der Waals surface area contributed by atoms with Gasteiger partial charge in [0.15, 0.2) is 0 Å². The zero-order valence-electron chi connectivity index (χ0n) is 35.7. The van der Waals surface area contributed by atoms with Crippen LogP contribution in [-0.2, 0) is 0 Å². The number of hydrogen-bond donors (Lipinski definition) is 0. The third-order valence-electron chi connectivity index (χ3n) is 13.0. The lowest BCUT2D eigenvalue weighted by Crippen LogP contribution is -2.00. The van der Waals surface area contributed by atoms with Crippen LogP contribution in [0.4, 0.5) is 0 Å². The second kappa shape index (κ2) is 15.8. The van der Waals surface area contributed by atoms with Crippen molar-refractivity contribution in [3.63, 3.8) is 0 Å². The van der Waals surface area contributed by atoms with Crippen molar-refractivity contribution in [3.05, 3.63) is 242 Å². The fraction of sp³-hybridized carbons (Fsp3) is 0. The summed E-state index contributed by atoms with van der Waals surface area (Å²) in [6, 6.07) is 85.4. The highest BCUT2D eigenvalue weighted by Gasteiger charge is 2.20. The van der Waals surface area contributed by atoms with Gasteiger partial charge in [-0.2, -0.15) is 10.5 Å². The first kappa shape index (κ1) is 38.5. The summed E-state index contributed by atoms with van der Waals surface area (Å²) in [7, 11) is 0. The van der Waals surface area contributed by atoms with Crippen molar-refractivity contribution in [3.8, 4) is 79.1 Å². The number of benzene rings is 10. The summed E-state index contributed by atoms with van der Waals surface area (Å²) < 4.78 is 4.46. The molecule has 0 aliphatic carbocycles. The molecule has 0 amide bonds. The van der Waals surface area contributed by atoms with Gasteiger partial charge in [0.1, 0.15) is 12.1 Å². The third-order valence-corrected chi connectivity index (χ3v) is 13.0. The van der Waals surface area contributed by atoms with Gasteiger partial charge in [-0.1, -0.05) is 170 Å². The Morgan fingerprint density at radius 3 is 0.894 bits per heavy atom. The van der Waals surface area contributed by atoms with Crippen molar-refractivity contribution in [2.45, 2.75) is 0 Å². The molecule has 4 nitrogen and oxygen atoms in total. The lowest BCUT2D eigenvalue weighted by molar-refractivity contribution is 1.16. The molecule has 4 heteroatoms. The fourth-order valence-electron chi connectivity index (χ4n) is 9.80. The molecule has 0 unspecified atom stereocenters. The van der Waals surface area contributed by atoms with E-state index in [4.69, 9.17) is 0 Å². The Labute approximate surface area is 382 Å². The Balaban J connectivity index is 1.00. The lowest BCUT2D eigenvalue weighted by atomic mass is 9.99. The molecular weight excluding hydrogens is 801 g/mol. The molecule has 0 saturated carbocycles. The van der Waals surface area contributed by atoms with Gasteiger partial charge in [-0.3, -0.25) is 0 Å². The van der Waals surface area contributed by atoms with Crippen LogP contribution in [0.5, 0.6) is 0 Å². The van der Waals surface area contributed by atoms with Gasteiger partial charge >= 0.3 is 0 Å². The molecule has 0 radical (unpaired) electrons. The molecule has 10 aromatic carbocycles. The first-order valence-electron chi connectivity index (χ1n) is 22.1. The van der Waals surface area contributed by atoms with Crippen LogP contribution in [0.2, 0.25) is 0 Å². The van der Waals surface area contributed by atoms with Crippen molar-refractivity contribution in [1.82, 2.24) is 9.13 Å². The molecule has 66 heavy (non-hydrogen) atoms. The van der Waals surface area contributed by atoms with E-state index in [1.54, 1.807) is 0 Å². The molecule has 2 aromatic heterocycles. The molecule has 0 N–H and O–H groups in total. The van der Waals surface area contributed by atoms with Crippen molar-refractivity contribution in [2.24, 2.45) is 0 Å². The van der Waals surface area contributed by atoms with Crippen LogP contribution in [-0.4, -0.2) is 9.13 Å². The molecule has 0 bridgehead atoms. The zero-order valence-corrected chi connectivity index (χ0v) is 35.7. The Hall–Kier alpha value is -9.22. The van der Waals surface area contributed by atoms with Crippen molar-refractivity contribution >= 4 is 43.6 Å². The van der Waals surface area contributed by atoms with E-state index in [2.05, 4.69) is 215 Å². The average Bonchev–Trinajstić information content (AvgIpc) is 3.90. The van der Waals surface area contributed by atoms with Gasteiger partial charge in [0, 0.05) is 21.5 Å². The second-order valence-corrected chi connectivity index (χ2v) is 16.8. The molecule has 2 heterocycles. The number of fused-ring (bicyclic) bond motifs is 6. The highest BCUT2D eigenvalue weighted by molar-refractivity contribution is 6.13. The molecule has 306 valence electrons. The first-order valence-corrected chi connectivity index (χ1v) is 22.1. The number of hydrogen-bond acceptors (Lipinski definition) is 2. The van der Waals surface area contributed by atoms with Crippen molar-refractivity contribution in [1.29, 1.82) is 10.5 Å². The predicted molar refractivity (Wildman–Crippen MR) is 272 cm³/mol. The van der Waals surface area contributed by atoms with E-state index in [-0.39, 0.29) is 0 Å². The van der Waals surface area contributed by atoms with Gasteiger partial charge in [-0.25, -0.2) is 0 Å². The minimum atomic E-state index is 0.538. The maximum absolute atomic E-state index is 10.9. The topological polar surface area (TPSA) is 57.4 Å². The molecule has 0 fully saturated rings. The van der Waals surface area contributed by atoms with Crippen LogP contribution in [0.25, 0.3) is 111 Å². The quantitative estimate of drug-likeness (QED) is 0.161. The standard InChI is InChI=1S/C62H38N4/c63-39-51-33-45(23-29-57(51)65-59-31-25-47(41-13-5-1-6-14-41)35-55(59)53-27-21-49(37-61(53)65)43-17-9-3-10-18-43)46-24-30-58(52(34-46)40-64)66-60-32-26-48(42-15-7-2-8-16-42)36-56(60)54-28-22-50(38-62(54)66)44-19-11-4-12-20-44/h1-38H. The third kappa shape index (κ3) is 6.45. The number of aromatic nitrogens is 2.